The molecule has 0 aliphatic heterocycles. The van der Waals surface area contributed by atoms with E-state index in [9.17, 15) is 0 Å². The fourth-order valence-corrected chi connectivity index (χ4v) is 2.29. The van der Waals surface area contributed by atoms with Gasteiger partial charge >= 0.3 is 0 Å². The lowest BCUT2D eigenvalue weighted by Gasteiger charge is -2.10. The molecule has 3 rings (SSSR count). The Balaban J connectivity index is 1.96. The van der Waals surface area contributed by atoms with Gasteiger partial charge in [-0.2, -0.15) is 4.98 Å². The van der Waals surface area contributed by atoms with Gasteiger partial charge in [-0.25, -0.2) is 4.98 Å². The fraction of sp³-hybridized carbons (Fsp3) is 0.235. The molecule has 0 spiro atoms. The van der Waals surface area contributed by atoms with E-state index in [1.807, 2.05) is 49.3 Å². The molecule has 1 aromatic carbocycles. The average Bonchev–Trinajstić information content (AvgIpc) is 3.10. The van der Waals surface area contributed by atoms with Crippen molar-refractivity contribution in [1.29, 1.82) is 0 Å². The maximum atomic E-state index is 5.41. The van der Waals surface area contributed by atoms with Gasteiger partial charge in [0.2, 0.25) is 5.82 Å². The molecule has 3 aromatic rings. The minimum Gasteiger partial charge on any atom is -0.493 e. The number of pyridine rings is 1. The van der Waals surface area contributed by atoms with E-state index in [0.717, 1.165) is 11.4 Å². The van der Waals surface area contributed by atoms with Crippen molar-refractivity contribution in [3.05, 3.63) is 36.5 Å². The van der Waals surface area contributed by atoms with Gasteiger partial charge in [0, 0.05) is 20.3 Å². The Morgan fingerprint density at radius 3 is 2.50 bits per heavy atom. The average molecular weight is 326 g/mol. The molecule has 0 unspecified atom stereocenters. The Labute approximate surface area is 139 Å². The molecule has 2 heterocycles. The second-order valence-electron chi connectivity index (χ2n) is 5.26. The second-order valence-corrected chi connectivity index (χ2v) is 5.26. The van der Waals surface area contributed by atoms with E-state index in [-0.39, 0.29) is 0 Å². The van der Waals surface area contributed by atoms with Gasteiger partial charge in [0.1, 0.15) is 5.82 Å². The number of benzene rings is 1. The third-order valence-corrected chi connectivity index (χ3v) is 3.52. The number of hydrogen-bond donors (Lipinski definition) is 0. The van der Waals surface area contributed by atoms with Crippen LogP contribution < -0.4 is 14.4 Å². The zero-order chi connectivity index (χ0) is 17.1. The molecule has 7 nitrogen and oxygen atoms in total. The van der Waals surface area contributed by atoms with Gasteiger partial charge in [0.05, 0.1) is 25.3 Å². The predicted molar refractivity (Wildman–Crippen MR) is 90.4 cm³/mol. The van der Waals surface area contributed by atoms with E-state index < -0.39 is 0 Å². The third-order valence-electron chi connectivity index (χ3n) is 3.52. The van der Waals surface area contributed by atoms with Crippen LogP contribution in [-0.2, 0) is 0 Å². The van der Waals surface area contributed by atoms with Crippen LogP contribution in [0.15, 0.2) is 41.1 Å². The zero-order valence-corrected chi connectivity index (χ0v) is 14.0. The van der Waals surface area contributed by atoms with E-state index in [4.69, 9.17) is 14.0 Å². The monoisotopic (exact) mass is 326 g/mol. The molecule has 0 atom stereocenters. The quantitative estimate of drug-likeness (QED) is 0.713. The smallest absolute Gasteiger partial charge is 0.259 e. The Kier molecular flexibility index (Phi) is 4.33. The molecular formula is C17H18N4O3. The predicted octanol–water partition coefficient (Wildman–Crippen LogP) is 2.88. The first kappa shape index (κ1) is 15.8. The summed E-state index contributed by atoms with van der Waals surface area (Å²) in [5.74, 6) is 2.85. The number of aromatic nitrogens is 3. The van der Waals surface area contributed by atoms with Crippen molar-refractivity contribution in [3.63, 3.8) is 0 Å². The van der Waals surface area contributed by atoms with Crippen LogP contribution in [0.2, 0.25) is 0 Å². The molecule has 0 aliphatic carbocycles. The molecule has 0 bridgehead atoms. The van der Waals surface area contributed by atoms with Gasteiger partial charge in [0.15, 0.2) is 11.5 Å². The molecule has 0 fully saturated rings. The first-order valence-corrected chi connectivity index (χ1v) is 7.33. The van der Waals surface area contributed by atoms with Gasteiger partial charge in [0.25, 0.3) is 5.89 Å². The van der Waals surface area contributed by atoms with E-state index in [1.54, 1.807) is 20.4 Å². The van der Waals surface area contributed by atoms with Crippen LogP contribution >= 0.6 is 0 Å². The van der Waals surface area contributed by atoms with Crippen molar-refractivity contribution >= 4 is 5.82 Å². The highest BCUT2D eigenvalue weighted by Crippen LogP contribution is 2.37. The number of nitrogens with zero attached hydrogens (tertiary/aromatic N) is 4. The Bertz CT molecular complexity index is 828. The van der Waals surface area contributed by atoms with Crippen molar-refractivity contribution in [2.45, 2.75) is 0 Å². The minimum atomic E-state index is 0.396. The van der Waals surface area contributed by atoms with Crippen molar-refractivity contribution in [2.24, 2.45) is 0 Å². The normalized spacial score (nSPS) is 10.5. The van der Waals surface area contributed by atoms with E-state index in [1.165, 1.54) is 0 Å². The van der Waals surface area contributed by atoms with Gasteiger partial charge in [-0.15, -0.1) is 0 Å². The topological polar surface area (TPSA) is 73.5 Å². The van der Waals surface area contributed by atoms with Crippen molar-refractivity contribution < 1.29 is 14.0 Å². The van der Waals surface area contributed by atoms with Gasteiger partial charge in [-0.1, -0.05) is 11.2 Å². The van der Waals surface area contributed by atoms with E-state index in [0.29, 0.717) is 28.8 Å². The van der Waals surface area contributed by atoms with E-state index in [2.05, 4.69) is 15.1 Å². The molecular weight excluding hydrogens is 308 g/mol. The number of rotatable bonds is 5. The van der Waals surface area contributed by atoms with Crippen molar-refractivity contribution in [3.8, 4) is 34.3 Å². The molecule has 0 aliphatic rings. The first-order valence-electron chi connectivity index (χ1n) is 7.33. The van der Waals surface area contributed by atoms with Gasteiger partial charge in [-0.3, -0.25) is 0 Å². The molecule has 0 amide bonds. The molecule has 0 saturated carbocycles. The Hall–Kier alpha value is -3.09. The van der Waals surface area contributed by atoms with Crippen molar-refractivity contribution in [1.82, 2.24) is 15.1 Å². The van der Waals surface area contributed by atoms with Crippen LogP contribution in [-0.4, -0.2) is 43.4 Å². The summed E-state index contributed by atoms with van der Waals surface area (Å²) in [7, 11) is 7.03. The number of para-hydroxylation sites is 1. The largest absolute Gasteiger partial charge is 0.493 e. The summed E-state index contributed by atoms with van der Waals surface area (Å²) in [4.78, 5) is 10.7. The molecule has 0 saturated heterocycles. The molecule has 0 N–H and O–H groups in total. The molecule has 24 heavy (non-hydrogen) atoms. The van der Waals surface area contributed by atoms with Crippen molar-refractivity contribution in [2.75, 3.05) is 33.2 Å². The Morgan fingerprint density at radius 1 is 1.04 bits per heavy atom. The van der Waals surface area contributed by atoms with Gasteiger partial charge < -0.3 is 18.9 Å². The summed E-state index contributed by atoms with van der Waals surface area (Å²) < 4.78 is 16.1. The van der Waals surface area contributed by atoms with E-state index >= 15 is 0 Å². The molecule has 124 valence electrons. The summed E-state index contributed by atoms with van der Waals surface area (Å²) in [5, 5.41) is 4.04. The third kappa shape index (κ3) is 2.88. The van der Waals surface area contributed by atoms with Crippen LogP contribution in [0.3, 0.4) is 0 Å². The number of ether oxygens (including phenoxy) is 2. The standard InChI is InChI=1S/C17H18N4O3/c1-21(2)14-9-8-11(10-18-14)17-19-16(20-24-17)12-6-5-7-13(22-3)15(12)23-4/h5-10H,1-4H3. The van der Waals surface area contributed by atoms with Crippen LogP contribution in [0, 0.1) is 0 Å². The van der Waals surface area contributed by atoms with Gasteiger partial charge in [-0.05, 0) is 24.3 Å². The SMILES string of the molecule is COc1cccc(-c2noc(-c3ccc(N(C)C)nc3)n2)c1OC. The van der Waals surface area contributed by atoms with Crippen LogP contribution in [0.25, 0.3) is 22.8 Å². The zero-order valence-electron chi connectivity index (χ0n) is 14.0. The molecule has 0 radical (unpaired) electrons. The summed E-state index contributed by atoms with van der Waals surface area (Å²) in [5.41, 5.74) is 1.45. The number of hydrogen-bond acceptors (Lipinski definition) is 7. The maximum Gasteiger partial charge on any atom is 0.259 e. The van der Waals surface area contributed by atoms with Crippen LogP contribution in [0.5, 0.6) is 11.5 Å². The summed E-state index contributed by atoms with van der Waals surface area (Å²) >= 11 is 0. The maximum absolute atomic E-state index is 5.41. The molecule has 7 heteroatoms. The summed E-state index contributed by atoms with van der Waals surface area (Å²) in [6, 6.07) is 9.30. The van der Waals surface area contributed by atoms with Crippen LogP contribution in [0.1, 0.15) is 0 Å². The highest BCUT2D eigenvalue weighted by atomic mass is 16.5. The Morgan fingerprint density at radius 2 is 1.88 bits per heavy atom. The lowest BCUT2D eigenvalue weighted by molar-refractivity contribution is 0.355. The summed E-state index contributed by atoms with van der Waals surface area (Å²) in [6.07, 6.45) is 1.70. The first-order chi connectivity index (χ1) is 11.6. The summed E-state index contributed by atoms with van der Waals surface area (Å²) in [6.45, 7) is 0. The number of anilines is 1. The van der Waals surface area contributed by atoms with Crippen LogP contribution in [0.4, 0.5) is 5.82 Å². The fourth-order valence-electron chi connectivity index (χ4n) is 2.29. The highest BCUT2D eigenvalue weighted by molar-refractivity contribution is 5.69. The minimum absolute atomic E-state index is 0.396. The molecule has 2 aromatic heterocycles. The second kappa shape index (κ2) is 6.57. The lowest BCUT2D eigenvalue weighted by atomic mass is 10.1. The number of methoxy groups -OCH3 is 2. The lowest BCUT2D eigenvalue weighted by Crippen LogP contribution is -2.09. The highest BCUT2D eigenvalue weighted by Gasteiger charge is 2.17.